The summed E-state index contributed by atoms with van der Waals surface area (Å²) in [5.74, 6) is -2.17. The Hall–Kier alpha value is -3.21. The lowest BCUT2D eigenvalue weighted by molar-refractivity contribution is 0.0692. The molecule has 26 heavy (non-hydrogen) atoms. The van der Waals surface area contributed by atoms with E-state index in [0.29, 0.717) is 11.6 Å². The third-order valence-corrected chi connectivity index (χ3v) is 4.68. The number of anilines is 1. The molecule has 4 nitrogen and oxygen atoms in total. The number of rotatable bonds is 4. The van der Waals surface area contributed by atoms with Crippen LogP contribution in [0.4, 0.5) is 10.1 Å². The average molecular weight is 349 g/mol. The Kier molecular flexibility index (Phi) is 3.92. The molecule has 3 aromatic carbocycles. The number of nitrogens with one attached hydrogen (secondary N) is 1. The van der Waals surface area contributed by atoms with E-state index >= 15 is 0 Å². The number of carbonyl (C=O) groups is 2. The summed E-state index contributed by atoms with van der Waals surface area (Å²) in [6, 6.07) is 15.1. The number of amides is 1. The molecule has 0 bridgehead atoms. The highest BCUT2D eigenvalue weighted by Crippen LogP contribution is 2.43. The van der Waals surface area contributed by atoms with Crippen molar-refractivity contribution in [3.63, 3.8) is 0 Å². The van der Waals surface area contributed by atoms with Crippen LogP contribution in [0.15, 0.2) is 54.6 Å². The number of hydrogen-bond acceptors (Lipinski definition) is 2. The highest BCUT2D eigenvalue weighted by atomic mass is 19.1. The van der Waals surface area contributed by atoms with Crippen molar-refractivity contribution in [3.05, 3.63) is 77.1 Å². The predicted molar refractivity (Wildman–Crippen MR) is 97.2 cm³/mol. The van der Waals surface area contributed by atoms with E-state index < -0.39 is 23.3 Å². The molecule has 4 rings (SSSR count). The third kappa shape index (κ3) is 2.92. The Morgan fingerprint density at radius 1 is 1.00 bits per heavy atom. The summed E-state index contributed by atoms with van der Waals surface area (Å²) in [7, 11) is 0. The number of hydrogen-bond donors (Lipinski definition) is 2. The average Bonchev–Trinajstić information content (AvgIpc) is 3.46. The van der Waals surface area contributed by atoms with Crippen molar-refractivity contribution in [1.82, 2.24) is 0 Å². The minimum atomic E-state index is -1.41. The van der Waals surface area contributed by atoms with Gasteiger partial charge in [-0.2, -0.15) is 0 Å². The van der Waals surface area contributed by atoms with Crippen molar-refractivity contribution in [3.8, 4) is 0 Å². The normalized spacial score (nSPS) is 13.6. The number of benzene rings is 3. The quantitative estimate of drug-likeness (QED) is 0.710. The maximum atomic E-state index is 13.5. The van der Waals surface area contributed by atoms with Crippen LogP contribution < -0.4 is 5.32 Å². The molecule has 0 heterocycles. The van der Waals surface area contributed by atoms with Gasteiger partial charge < -0.3 is 10.4 Å². The molecule has 1 aliphatic carbocycles. The van der Waals surface area contributed by atoms with Crippen molar-refractivity contribution in [2.45, 2.75) is 18.8 Å². The van der Waals surface area contributed by atoms with Crippen molar-refractivity contribution in [2.75, 3.05) is 5.32 Å². The summed E-state index contributed by atoms with van der Waals surface area (Å²) in [6.07, 6.45) is 2.37. The molecule has 5 heteroatoms. The smallest absolute Gasteiger partial charge is 0.338 e. The Bertz CT molecular complexity index is 1040. The van der Waals surface area contributed by atoms with Crippen LogP contribution >= 0.6 is 0 Å². The Morgan fingerprint density at radius 2 is 1.73 bits per heavy atom. The van der Waals surface area contributed by atoms with Crippen molar-refractivity contribution in [2.24, 2.45) is 0 Å². The third-order valence-electron chi connectivity index (χ3n) is 4.68. The van der Waals surface area contributed by atoms with Crippen LogP contribution in [0.2, 0.25) is 0 Å². The van der Waals surface area contributed by atoms with Gasteiger partial charge in [-0.3, -0.25) is 4.79 Å². The first-order chi connectivity index (χ1) is 12.5. The fraction of sp³-hybridized carbons (Fsp3) is 0.143. The van der Waals surface area contributed by atoms with Crippen LogP contribution in [0.1, 0.15) is 45.0 Å². The van der Waals surface area contributed by atoms with E-state index in [0.717, 1.165) is 22.9 Å². The van der Waals surface area contributed by atoms with Crippen LogP contribution in [-0.2, 0) is 0 Å². The maximum absolute atomic E-state index is 13.5. The zero-order valence-electron chi connectivity index (χ0n) is 13.8. The minimum Gasteiger partial charge on any atom is -0.478 e. The molecular formula is C21H16FNO3. The molecule has 1 fully saturated rings. The molecule has 1 saturated carbocycles. The first kappa shape index (κ1) is 16.3. The molecule has 2 N–H and O–H groups in total. The largest absolute Gasteiger partial charge is 0.478 e. The SMILES string of the molecule is O=C(Nc1cccc2c(C3CC3)cccc12)c1ccc(F)c(C(=O)O)c1. The molecule has 0 spiro atoms. The fourth-order valence-corrected chi connectivity index (χ4v) is 3.22. The number of halogens is 1. The Balaban J connectivity index is 1.69. The standard InChI is InChI=1S/C21H16FNO3/c22-18-10-9-13(11-17(18)21(25)26)20(24)23-19-6-2-4-15-14(12-7-8-12)3-1-5-16(15)19/h1-6,9-12H,7-8H2,(H,23,24)(H,25,26). The summed E-state index contributed by atoms with van der Waals surface area (Å²) in [5.41, 5.74) is 1.51. The first-order valence-electron chi connectivity index (χ1n) is 8.40. The van der Waals surface area contributed by atoms with Crippen molar-refractivity contribution in [1.29, 1.82) is 0 Å². The molecular weight excluding hydrogens is 333 g/mol. The van der Waals surface area contributed by atoms with E-state index in [9.17, 15) is 14.0 Å². The van der Waals surface area contributed by atoms with Gasteiger partial charge in [0.15, 0.2) is 0 Å². The monoisotopic (exact) mass is 349 g/mol. The molecule has 130 valence electrons. The number of aromatic carboxylic acids is 1. The summed E-state index contributed by atoms with van der Waals surface area (Å²) < 4.78 is 13.5. The van der Waals surface area contributed by atoms with Gasteiger partial charge >= 0.3 is 5.97 Å². The van der Waals surface area contributed by atoms with Gasteiger partial charge in [0.05, 0.1) is 5.56 Å². The van der Waals surface area contributed by atoms with Gasteiger partial charge in [-0.25, -0.2) is 9.18 Å². The molecule has 0 saturated heterocycles. The van der Waals surface area contributed by atoms with Gasteiger partial charge in [-0.1, -0.05) is 30.3 Å². The second kappa shape index (κ2) is 6.26. The topological polar surface area (TPSA) is 66.4 Å². The van der Waals surface area contributed by atoms with E-state index in [-0.39, 0.29) is 5.56 Å². The summed E-state index contributed by atoms with van der Waals surface area (Å²) in [4.78, 5) is 23.6. The zero-order chi connectivity index (χ0) is 18.3. The van der Waals surface area contributed by atoms with Crippen molar-refractivity contribution < 1.29 is 19.1 Å². The van der Waals surface area contributed by atoms with E-state index in [1.165, 1.54) is 24.5 Å². The molecule has 0 aliphatic heterocycles. The summed E-state index contributed by atoms with van der Waals surface area (Å²) in [5, 5.41) is 13.9. The van der Waals surface area contributed by atoms with Gasteiger partial charge in [-0.05, 0) is 54.0 Å². The zero-order valence-corrected chi connectivity index (χ0v) is 13.8. The van der Waals surface area contributed by atoms with E-state index in [4.69, 9.17) is 5.11 Å². The highest BCUT2D eigenvalue weighted by molar-refractivity contribution is 6.10. The maximum Gasteiger partial charge on any atom is 0.338 e. The molecule has 0 radical (unpaired) electrons. The van der Waals surface area contributed by atoms with E-state index in [1.807, 2.05) is 24.3 Å². The molecule has 1 amide bonds. The second-order valence-corrected chi connectivity index (χ2v) is 6.48. The molecule has 0 atom stereocenters. The van der Waals surface area contributed by atoms with Crippen molar-refractivity contribution >= 4 is 28.3 Å². The molecule has 0 aromatic heterocycles. The number of carbonyl (C=O) groups excluding carboxylic acids is 1. The van der Waals surface area contributed by atoms with Crippen LogP contribution in [0.3, 0.4) is 0 Å². The number of carboxylic acids is 1. The fourth-order valence-electron chi connectivity index (χ4n) is 3.22. The summed E-state index contributed by atoms with van der Waals surface area (Å²) >= 11 is 0. The molecule has 3 aromatic rings. The predicted octanol–water partition coefficient (Wildman–Crippen LogP) is 4.81. The lowest BCUT2D eigenvalue weighted by atomic mass is 10.00. The molecule has 1 aliphatic rings. The minimum absolute atomic E-state index is 0.0964. The van der Waals surface area contributed by atoms with Crippen LogP contribution in [0.25, 0.3) is 10.8 Å². The van der Waals surface area contributed by atoms with Gasteiger partial charge in [0, 0.05) is 16.6 Å². The highest BCUT2D eigenvalue weighted by Gasteiger charge is 2.25. The lowest BCUT2D eigenvalue weighted by Crippen LogP contribution is -2.14. The van der Waals surface area contributed by atoms with Gasteiger partial charge in [-0.15, -0.1) is 0 Å². The molecule has 0 unspecified atom stereocenters. The number of fused-ring (bicyclic) bond motifs is 1. The van der Waals surface area contributed by atoms with E-state index in [2.05, 4.69) is 11.4 Å². The van der Waals surface area contributed by atoms with Gasteiger partial charge in [0.1, 0.15) is 5.82 Å². The summed E-state index contributed by atoms with van der Waals surface area (Å²) in [6.45, 7) is 0. The van der Waals surface area contributed by atoms with Crippen LogP contribution in [0.5, 0.6) is 0 Å². The second-order valence-electron chi connectivity index (χ2n) is 6.48. The first-order valence-corrected chi connectivity index (χ1v) is 8.40. The van der Waals surface area contributed by atoms with E-state index in [1.54, 1.807) is 6.07 Å². The number of carboxylic acid groups (broad SMARTS) is 1. The van der Waals surface area contributed by atoms with Gasteiger partial charge in [0.25, 0.3) is 5.91 Å². The van der Waals surface area contributed by atoms with Crippen LogP contribution in [-0.4, -0.2) is 17.0 Å². The van der Waals surface area contributed by atoms with Crippen LogP contribution in [0, 0.1) is 5.82 Å². The Labute approximate surface area is 149 Å². The Morgan fingerprint density at radius 3 is 2.46 bits per heavy atom. The lowest BCUT2D eigenvalue weighted by Gasteiger charge is -2.12. The van der Waals surface area contributed by atoms with Gasteiger partial charge in [0.2, 0.25) is 0 Å².